The third kappa shape index (κ3) is 4.51. The number of carbonyl (C=O) groups is 1. The fourth-order valence-corrected chi connectivity index (χ4v) is 3.85. The van der Waals surface area contributed by atoms with E-state index in [9.17, 15) is 4.79 Å². The third-order valence-corrected chi connectivity index (χ3v) is 5.47. The van der Waals surface area contributed by atoms with E-state index in [2.05, 4.69) is 34.6 Å². The molecule has 2 rings (SSSR count). The molecule has 0 bridgehead atoms. The van der Waals surface area contributed by atoms with Crippen molar-refractivity contribution < 1.29 is 4.79 Å². The standard InChI is InChI=1S/C16H28N4OS/c1-11-14(9-10-17-2)19-16(22-11)15(21)18-12-5-7-13(8-6-12)20(3)4/h12-13,17H,5-10H2,1-4H3,(H,18,21). The number of hydrogen-bond donors (Lipinski definition) is 2. The Morgan fingerprint density at radius 2 is 2.00 bits per heavy atom. The van der Waals surface area contributed by atoms with E-state index in [0.717, 1.165) is 49.2 Å². The number of aromatic nitrogens is 1. The minimum absolute atomic E-state index is 0.00268. The van der Waals surface area contributed by atoms with Gasteiger partial charge in [-0.1, -0.05) is 0 Å². The van der Waals surface area contributed by atoms with Crippen LogP contribution >= 0.6 is 11.3 Å². The zero-order chi connectivity index (χ0) is 16.1. The van der Waals surface area contributed by atoms with Gasteiger partial charge in [-0.25, -0.2) is 4.98 Å². The number of aryl methyl sites for hydroxylation is 1. The molecule has 5 nitrogen and oxygen atoms in total. The lowest BCUT2D eigenvalue weighted by Crippen LogP contribution is -2.41. The Bertz CT molecular complexity index is 492. The minimum Gasteiger partial charge on any atom is -0.347 e. The van der Waals surface area contributed by atoms with Crippen molar-refractivity contribution in [3.63, 3.8) is 0 Å². The second-order valence-corrected chi connectivity index (χ2v) is 7.52. The molecule has 124 valence electrons. The molecule has 1 aliphatic carbocycles. The number of nitrogens with one attached hydrogen (secondary N) is 2. The van der Waals surface area contributed by atoms with Crippen molar-refractivity contribution in [1.82, 2.24) is 20.5 Å². The first-order valence-electron chi connectivity index (χ1n) is 8.09. The normalized spacial score (nSPS) is 22.0. The highest BCUT2D eigenvalue weighted by Gasteiger charge is 2.25. The van der Waals surface area contributed by atoms with Crippen LogP contribution < -0.4 is 10.6 Å². The molecule has 1 fully saturated rings. The average Bonchev–Trinajstić information content (AvgIpc) is 2.87. The summed E-state index contributed by atoms with van der Waals surface area (Å²) in [4.78, 5) is 20.3. The van der Waals surface area contributed by atoms with E-state index in [1.54, 1.807) is 0 Å². The molecule has 0 atom stereocenters. The molecule has 1 aromatic heterocycles. The Morgan fingerprint density at radius 3 is 2.59 bits per heavy atom. The molecule has 22 heavy (non-hydrogen) atoms. The van der Waals surface area contributed by atoms with E-state index in [1.807, 2.05) is 14.0 Å². The van der Waals surface area contributed by atoms with Gasteiger partial charge in [0.2, 0.25) is 0 Å². The molecule has 1 aliphatic rings. The minimum atomic E-state index is -0.00268. The van der Waals surface area contributed by atoms with E-state index in [4.69, 9.17) is 0 Å². The molecule has 0 unspecified atom stereocenters. The van der Waals surface area contributed by atoms with Crippen LogP contribution in [0.2, 0.25) is 0 Å². The van der Waals surface area contributed by atoms with Crippen LogP contribution in [-0.2, 0) is 6.42 Å². The average molecular weight is 324 g/mol. The number of carbonyl (C=O) groups excluding carboxylic acids is 1. The fraction of sp³-hybridized carbons (Fsp3) is 0.750. The number of hydrogen-bond acceptors (Lipinski definition) is 5. The van der Waals surface area contributed by atoms with Crippen LogP contribution in [0.3, 0.4) is 0 Å². The number of nitrogens with zero attached hydrogens (tertiary/aromatic N) is 2. The van der Waals surface area contributed by atoms with E-state index in [-0.39, 0.29) is 5.91 Å². The van der Waals surface area contributed by atoms with Crippen LogP contribution in [0.1, 0.15) is 46.1 Å². The first kappa shape index (κ1) is 17.4. The van der Waals surface area contributed by atoms with Crippen molar-refractivity contribution in [3.05, 3.63) is 15.6 Å². The van der Waals surface area contributed by atoms with Gasteiger partial charge in [-0.05, 0) is 53.8 Å². The summed E-state index contributed by atoms with van der Waals surface area (Å²) >= 11 is 1.51. The highest BCUT2D eigenvalue weighted by Crippen LogP contribution is 2.23. The van der Waals surface area contributed by atoms with Crippen molar-refractivity contribution in [1.29, 1.82) is 0 Å². The number of thiazole rings is 1. The lowest BCUT2D eigenvalue weighted by molar-refractivity contribution is 0.0915. The van der Waals surface area contributed by atoms with Gasteiger partial charge in [0.15, 0.2) is 5.01 Å². The van der Waals surface area contributed by atoms with Gasteiger partial charge in [0.25, 0.3) is 5.91 Å². The lowest BCUT2D eigenvalue weighted by atomic mass is 9.90. The first-order chi connectivity index (χ1) is 10.5. The smallest absolute Gasteiger partial charge is 0.280 e. The molecule has 1 saturated carbocycles. The van der Waals surface area contributed by atoms with Crippen molar-refractivity contribution in [2.75, 3.05) is 27.7 Å². The summed E-state index contributed by atoms with van der Waals surface area (Å²) in [6, 6.07) is 0.956. The van der Waals surface area contributed by atoms with Gasteiger partial charge in [0.05, 0.1) is 5.69 Å². The Hall–Kier alpha value is -0.980. The monoisotopic (exact) mass is 324 g/mol. The predicted octanol–water partition coefficient (Wildman–Crippen LogP) is 1.82. The molecule has 1 heterocycles. The molecule has 0 saturated heterocycles. The zero-order valence-corrected chi connectivity index (χ0v) is 14.9. The third-order valence-electron chi connectivity index (χ3n) is 4.46. The molecule has 6 heteroatoms. The maximum Gasteiger partial charge on any atom is 0.280 e. The van der Waals surface area contributed by atoms with Gasteiger partial charge < -0.3 is 15.5 Å². The van der Waals surface area contributed by atoms with E-state index >= 15 is 0 Å². The van der Waals surface area contributed by atoms with Gasteiger partial charge in [-0.2, -0.15) is 0 Å². The Kier molecular flexibility index (Phi) is 6.35. The first-order valence-corrected chi connectivity index (χ1v) is 8.91. The second-order valence-electron chi connectivity index (χ2n) is 6.32. The van der Waals surface area contributed by atoms with Crippen molar-refractivity contribution >= 4 is 17.2 Å². The van der Waals surface area contributed by atoms with E-state index < -0.39 is 0 Å². The Labute approximate surface area is 137 Å². The highest BCUT2D eigenvalue weighted by atomic mass is 32.1. The summed E-state index contributed by atoms with van der Waals surface area (Å²) in [5, 5.41) is 6.90. The molecule has 0 radical (unpaired) electrons. The quantitative estimate of drug-likeness (QED) is 0.838. The number of amides is 1. The van der Waals surface area contributed by atoms with Crippen LogP contribution in [0.25, 0.3) is 0 Å². The largest absolute Gasteiger partial charge is 0.347 e. The number of rotatable bonds is 6. The molecule has 1 aromatic rings. The highest BCUT2D eigenvalue weighted by molar-refractivity contribution is 7.13. The molecule has 0 aromatic carbocycles. The predicted molar refractivity (Wildman–Crippen MR) is 91.7 cm³/mol. The van der Waals surface area contributed by atoms with Crippen LogP contribution in [0, 0.1) is 6.92 Å². The van der Waals surface area contributed by atoms with Crippen LogP contribution in [0.4, 0.5) is 0 Å². The summed E-state index contributed by atoms with van der Waals surface area (Å²) in [6.07, 6.45) is 5.31. The van der Waals surface area contributed by atoms with Crippen molar-refractivity contribution in [2.24, 2.45) is 0 Å². The molecular weight excluding hydrogens is 296 g/mol. The molecule has 2 N–H and O–H groups in total. The van der Waals surface area contributed by atoms with Gasteiger partial charge in [0, 0.05) is 29.9 Å². The topological polar surface area (TPSA) is 57.3 Å². The van der Waals surface area contributed by atoms with Gasteiger partial charge >= 0.3 is 0 Å². The van der Waals surface area contributed by atoms with Crippen LogP contribution in [0.15, 0.2) is 0 Å². The maximum atomic E-state index is 12.4. The molecule has 0 spiro atoms. The molecule has 1 amide bonds. The van der Waals surface area contributed by atoms with Gasteiger partial charge in [-0.3, -0.25) is 4.79 Å². The molecular formula is C16H28N4OS. The summed E-state index contributed by atoms with van der Waals surface area (Å²) in [6.45, 7) is 2.93. The van der Waals surface area contributed by atoms with Crippen molar-refractivity contribution in [3.8, 4) is 0 Å². The van der Waals surface area contributed by atoms with Gasteiger partial charge in [-0.15, -0.1) is 11.3 Å². The zero-order valence-electron chi connectivity index (χ0n) is 14.1. The van der Waals surface area contributed by atoms with Crippen LogP contribution in [-0.4, -0.2) is 55.6 Å². The summed E-state index contributed by atoms with van der Waals surface area (Å²) in [5.41, 5.74) is 1.04. The maximum absolute atomic E-state index is 12.4. The van der Waals surface area contributed by atoms with Crippen molar-refractivity contribution in [2.45, 2.75) is 51.1 Å². The summed E-state index contributed by atoms with van der Waals surface area (Å²) < 4.78 is 0. The number of likely N-dealkylation sites (N-methyl/N-ethyl adjacent to an activating group) is 1. The van der Waals surface area contributed by atoms with E-state index in [0.29, 0.717) is 17.1 Å². The Morgan fingerprint density at radius 1 is 1.32 bits per heavy atom. The van der Waals surface area contributed by atoms with Gasteiger partial charge in [0.1, 0.15) is 0 Å². The van der Waals surface area contributed by atoms with E-state index in [1.165, 1.54) is 11.3 Å². The summed E-state index contributed by atoms with van der Waals surface area (Å²) in [7, 11) is 6.20. The second kappa shape index (κ2) is 8.04. The molecule has 0 aliphatic heterocycles. The SMILES string of the molecule is CNCCc1nc(C(=O)NC2CCC(N(C)C)CC2)sc1C. The lowest BCUT2D eigenvalue weighted by Gasteiger charge is -2.32. The van der Waals surface area contributed by atoms with Crippen LogP contribution in [0.5, 0.6) is 0 Å². The Balaban J connectivity index is 1.87. The fourth-order valence-electron chi connectivity index (χ4n) is 2.98. The summed E-state index contributed by atoms with van der Waals surface area (Å²) in [5.74, 6) is -0.00268.